The minimum Gasteiger partial charge on any atom is -0.497 e. The summed E-state index contributed by atoms with van der Waals surface area (Å²) in [5.74, 6) is 0.907. The van der Waals surface area contributed by atoms with Crippen LogP contribution in [0.25, 0.3) is 10.2 Å². The van der Waals surface area contributed by atoms with Gasteiger partial charge in [0.1, 0.15) is 25.5 Å². The van der Waals surface area contributed by atoms with Crippen LogP contribution in [0, 0.1) is 0 Å². The van der Waals surface area contributed by atoms with Crippen LogP contribution in [0.3, 0.4) is 0 Å². The standard InChI is InChI=1S/C20H18N2O6S/c1-25-13-4-5-14-17(10-13)29-20(22(14)11-18(23)26-2)21-19(24)12-3-6-15-16(9-12)28-8-7-27-15/h3-6,9-10H,7-8,11H2,1-2H3. The zero-order valence-corrected chi connectivity index (χ0v) is 16.7. The zero-order valence-electron chi connectivity index (χ0n) is 15.8. The van der Waals surface area contributed by atoms with E-state index >= 15 is 0 Å². The van der Waals surface area contributed by atoms with Crippen molar-refractivity contribution in [2.45, 2.75) is 6.54 Å². The van der Waals surface area contributed by atoms with Gasteiger partial charge in [-0.2, -0.15) is 4.99 Å². The summed E-state index contributed by atoms with van der Waals surface area (Å²) in [6.07, 6.45) is 0. The summed E-state index contributed by atoms with van der Waals surface area (Å²) in [6.45, 7) is 0.846. The fourth-order valence-electron chi connectivity index (χ4n) is 2.94. The van der Waals surface area contributed by atoms with Crippen LogP contribution in [0.15, 0.2) is 41.4 Å². The second-order valence-corrected chi connectivity index (χ2v) is 7.17. The van der Waals surface area contributed by atoms with E-state index in [2.05, 4.69) is 4.99 Å². The van der Waals surface area contributed by atoms with E-state index in [4.69, 9.17) is 18.9 Å². The van der Waals surface area contributed by atoms with Crippen molar-refractivity contribution in [1.29, 1.82) is 0 Å². The van der Waals surface area contributed by atoms with Crippen molar-refractivity contribution in [2.24, 2.45) is 4.99 Å². The Bertz CT molecular complexity index is 1160. The Kier molecular flexibility index (Phi) is 5.22. The predicted octanol–water partition coefficient (Wildman–Crippen LogP) is 2.40. The molecule has 0 atom stereocenters. The molecule has 0 aliphatic carbocycles. The number of ether oxygens (including phenoxy) is 4. The third-order valence-electron chi connectivity index (χ3n) is 4.39. The van der Waals surface area contributed by atoms with Crippen molar-refractivity contribution in [3.05, 3.63) is 46.8 Å². The first kappa shape index (κ1) is 19.0. The first-order chi connectivity index (χ1) is 14.1. The highest BCUT2D eigenvalue weighted by atomic mass is 32.1. The Hall–Kier alpha value is -3.33. The van der Waals surface area contributed by atoms with Gasteiger partial charge >= 0.3 is 5.97 Å². The van der Waals surface area contributed by atoms with Crippen molar-refractivity contribution in [2.75, 3.05) is 27.4 Å². The van der Waals surface area contributed by atoms with Crippen LogP contribution < -0.4 is 19.0 Å². The van der Waals surface area contributed by atoms with Gasteiger partial charge in [-0.25, -0.2) is 0 Å². The number of carbonyl (C=O) groups excluding carboxylic acids is 2. The van der Waals surface area contributed by atoms with Crippen molar-refractivity contribution in [1.82, 2.24) is 4.57 Å². The number of carbonyl (C=O) groups is 2. The zero-order chi connectivity index (χ0) is 20.4. The molecule has 0 fully saturated rings. The molecule has 1 aliphatic rings. The number of thiazole rings is 1. The second-order valence-electron chi connectivity index (χ2n) is 6.16. The fourth-order valence-corrected chi connectivity index (χ4v) is 4.00. The normalized spacial score (nSPS) is 13.4. The van der Waals surface area contributed by atoms with Gasteiger partial charge in [0, 0.05) is 5.56 Å². The number of hydrogen-bond acceptors (Lipinski definition) is 7. The van der Waals surface area contributed by atoms with Crippen LogP contribution in [-0.2, 0) is 16.1 Å². The highest BCUT2D eigenvalue weighted by Crippen LogP contribution is 2.31. The SMILES string of the molecule is COC(=O)Cn1c(=NC(=O)c2ccc3c(c2)OCCO3)sc2cc(OC)ccc21. The highest BCUT2D eigenvalue weighted by Gasteiger charge is 2.16. The van der Waals surface area contributed by atoms with E-state index in [1.54, 1.807) is 35.9 Å². The van der Waals surface area contributed by atoms with Crippen LogP contribution in [0.5, 0.6) is 17.2 Å². The maximum Gasteiger partial charge on any atom is 0.325 e. The Morgan fingerprint density at radius 2 is 1.90 bits per heavy atom. The molecule has 1 amide bonds. The summed E-state index contributed by atoms with van der Waals surface area (Å²) in [6, 6.07) is 10.4. The van der Waals surface area contributed by atoms with E-state index in [-0.39, 0.29) is 6.54 Å². The van der Waals surface area contributed by atoms with Gasteiger partial charge < -0.3 is 23.5 Å². The lowest BCUT2D eigenvalue weighted by Crippen LogP contribution is -2.22. The Balaban J connectivity index is 1.78. The number of esters is 1. The summed E-state index contributed by atoms with van der Waals surface area (Å²) >= 11 is 1.29. The molecule has 0 saturated carbocycles. The molecule has 9 heteroatoms. The van der Waals surface area contributed by atoms with Gasteiger partial charge in [-0.05, 0) is 36.4 Å². The molecule has 0 radical (unpaired) electrons. The lowest BCUT2D eigenvalue weighted by Gasteiger charge is -2.18. The molecule has 1 aromatic heterocycles. The molecule has 2 heterocycles. The van der Waals surface area contributed by atoms with Crippen LogP contribution in [0.2, 0.25) is 0 Å². The van der Waals surface area contributed by atoms with Crippen LogP contribution >= 0.6 is 11.3 Å². The quantitative estimate of drug-likeness (QED) is 0.609. The molecule has 0 spiro atoms. The maximum atomic E-state index is 12.8. The number of methoxy groups -OCH3 is 2. The second kappa shape index (κ2) is 7.96. The molecular weight excluding hydrogens is 396 g/mol. The number of nitrogens with zero attached hydrogens (tertiary/aromatic N) is 2. The topological polar surface area (TPSA) is 88.4 Å². The van der Waals surface area contributed by atoms with Crippen molar-refractivity contribution >= 4 is 33.4 Å². The molecule has 2 aromatic carbocycles. The molecule has 3 aromatic rings. The lowest BCUT2D eigenvalue weighted by atomic mass is 10.2. The molecule has 4 rings (SSSR count). The smallest absolute Gasteiger partial charge is 0.325 e. The van der Waals surface area contributed by atoms with Crippen molar-refractivity contribution in [3.63, 3.8) is 0 Å². The van der Waals surface area contributed by atoms with E-state index in [1.807, 2.05) is 12.1 Å². The van der Waals surface area contributed by atoms with Crippen molar-refractivity contribution in [3.8, 4) is 17.2 Å². The fraction of sp³-hybridized carbons (Fsp3) is 0.250. The molecule has 0 N–H and O–H groups in total. The summed E-state index contributed by atoms with van der Waals surface area (Å²) in [4.78, 5) is 29.3. The van der Waals surface area contributed by atoms with Gasteiger partial charge in [-0.1, -0.05) is 11.3 Å². The van der Waals surface area contributed by atoms with Gasteiger partial charge in [0.05, 0.1) is 24.4 Å². The van der Waals surface area contributed by atoms with E-state index in [1.165, 1.54) is 18.4 Å². The first-order valence-corrected chi connectivity index (χ1v) is 9.63. The monoisotopic (exact) mass is 414 g/mol. The Morgan fingerprint density at radius 3 is 2.66 bits per heavy atom. The molecule has 0 unspecified atom stereocenters. The van der Waals surface area contributed by atoms with Crippen molar-refractivity contribution < 1.29 is 28.5 Å². The first-order valence-electron chi connectivity index (χ1n) is 8.82. The number of amides is 1. The average molecular weight is 414 g/mol. The van der Waals surface area contributed by atoms with Crippen LogP contribution in [0.1, 0.15) is 10.4 Å². The Labute approximate surface area is 169 Å². The summed E-state index contributed by atoms with van der Waals surface area (Å²) < 4.78 is 23.5. The van der Waals surface area contributed by atoms with Gasteiger partial charge in [-0.15, -0.1) is 0 Å². The van der Waals surface area contributed by atoms with E-state index < -0.39 is 11.9 Å². The van der Waals surface area contributed by atoms with Gasteiger partial charge in [0.25, 0.3) is 5.91 Å². The summed E-state index contributed by atoms with van der Waals surface area (Å²) in [5.41, 5.74) is 1.13. The predicted molar refractivity (Wildman–Crippen MR) is 106 cm³/mol. The molecule has 29 heavy (non-hydrogen) atoms. The third-order valence-corrected chi connectivity index (χ3v) is 5.43. The van der Waals surface area contributed by atoms with Crippen LogP contribution in [0.4, 0.5) is 0 Å². The Morgan fingerprint density at radius 1 is 1.10 bits per heavy atom. The van der Waals surface area contributed by atoms with E-state index in [0.717, 1.165) is 10.2 Å². The number of benzene rings is 2. The van der Waals surface area contributed by atoms with E-state index in [0.29, 0.717) is 40.8 Å². The number of aromatic nitrogens is 1. The van der Waals surface area contributed by atoms with Gasteiger partial charge in [0.15, 0.2) is 16.3 Å². The van der Waals surface area contributed by atoms with Gasteiger partial charge in [0.2, 0.25) is 0 Å². The number of hydrogen-bond donors (Lipinski definition) is 0. The molecule has 1 aliphatic heterocycles. The highest BCUT2D eigenvalue weighted by molar-refractivity contribution is 7.16. The van der Waals surface area contributed by atoms with Crippen LogP contribution in [-0.4, -0.2) is 43.9 Å². The molecule has 0 saturated heterocycles. The minimum absolute atomic E-state index is 0.0594. The van der Waals surface area contributed by atoms with E-state index in [9.17, 15) is 9.59 Å². The number of rotatable bonds is 4. The molecule has 8 nitrogen and oxygen atoms in total. The summed E-state index contributed by atoms with van der Waals surface area (Å²) in [7, 11) is 2.89. The average Bonchev–Trinajstić information content (AvgIpc) is 3.08. The summed E-state index contributed by atoms with van der Waals surface area (Å²) in [5, 5.41) is 0. The molecular formula is C20H18N2O6S. The maximum absolute atomic E-state index is 12.8. The molecule has 150 valence electrons. The molecule has 0 bridgehead atoms. The largest absolute Gasteiger partial charge is 0.497 e. The minimum atomic E-state index is -0.445. The van der Waals surface area contributed by atoms with Gasteiger partial charge in [-0.3, -0.25) is 9.59 Å². The lowest BCUT2D eigenvalue weighted by molar-refractivity contribution is -0.141. The number of fused-ring (bicyclic) bond motifs is 2. The third kappa shape index (κ3) is 3.81.